The molecule has 0 spiro atoms. The van der Waals surface area contributed by atoms with Gasteiger partial charge in [-0.25, -0.2) is 4.39 Å². The second kappa shape index (κ2) is 7.59. The molecule has 2 heterocycles. The monoisotopic (exact) mass is 347 g/mol. The van der Waals surface area contributed by atoms with Crippen molar-refractivity contribution in [2.45, 2.75) is 12.5 Å². The smallest absolute Gasteiger partial charge is 0.254 e. The van der Waals surface area contributed by atoms with E-state index in [2.05, 4.69) is 10.2 Å². The van der Waals surface area contributed by atoms with Crippen molar-refractivity contribution in [2.24, 2.45) is 0 Å². The number of hydrogen-bond acceptors (Lipinski definition) is 3. The molecule has 22 heavy (non-hydrogen) atoms. The number of amides is 1. The third kappa shape index (κ3) is 3.71. The van der Waals surface area contributed by atoms with Crippen molar-refractivity contribution < 1.29 is 9.18 Å². The summed E-state index contributed by atoms with van der Waals surface area (Å²) in [5.41, 5.74) is 0.373. The second-order valence-electron chi connectivity index (χ2n) is 5.61. The summed E-state index contributed by atoms with van der Waals surface area (Å²) in [7, 11) is 0. The van der Waals surface area contributed by atoms with E-state index in [1.165, 1.54) is 12.1 Å². The maximum Gasteiger partial charge on any atom is 0.254 e. The van der Waals surface area contributed by atoms with Crippen LogP contribution in [-0.2, 0) is 0 Å². The van der Waals surface area contributed by atoms with Gasteiger partial charge in [0.15, 0.2) is 0 Å². The van der Waals surface area contributed by atoms with Gasteiger partial charge in [0.05, 0.1) is 5.02 Å². The topological polar surface area (TPSA) is 35.6 Å². The first-order valence-electron chi connectivity index (χ1n) is 7.34. The van der Waals surface area contributed by atoms with Gasteiger partial charge in [0.2, 0.25) is 0 Å². The van der Waals surface area contributed by atoms with Crippen LogP contribution in [0.15, 0.2) is 18.2 Å². The number of carbonyl (C=O) groups excluding carboxylic acids is 1. The van der Waals surface area contributed by atoms with Gasteiger partial charge in [0.25, 0.3) is 5.91 Å². The third-order valence-electron chi connectivity index (χ3n) is 4.29. The van der Waals surface area contributed by atoms with Crippen molar-refractivity contribution in [3.63, 3.8) is 0 Å². The zero-order valence-corrected chi connectivity index (χ0v) is 13.8. The van der Waals surface area contributed by atoms with Crippen LogP contribution in [0.25, 0.3) is 0 Å². The minimum absolute atomic E-state index is 0. The summed E-state index contributed by atoms with van der Waals surface area (Å²) in [5, 5.41) is 3.38. The average Bonchev–Trinajstić information content (AvgIpc) is 3.00. The van der Waals surface area contributed by atoms with E-state index in [9.17, 15) is 9.18 Å². The number of nitrogens with zero attached hydrogens (tertiary/aromatic N) is 2. The van der Waals surface area contributed by atoms with Crippen molar-refractivity contribution in [1.82, 2.24) is 15.1 Å². The Morgan fingerprint density at radius 1 is 1.27 bits per heavy atom. The first-order valence-corrected chi connectivity index (χ1v) is 7.72. The van der Waals surface area contributed by atoms with Crippen LogP contribution in [-0.4, -0.2) is 61.0 Å². The molecule has 0 aliphatic carbocycles. The molecule has 1 amide bonds. The molecule has 1 atom stereocenters. The molecule has 2 aliphatic rings. The third-order valence-corrected chi connectivity index (χ3v) is 4.59. The van der Waals surface area contributed by atoms with Gasteiger partial charge in [0, 0.05) is 50.9 Å². The van der Waals surface area contributed by atoms with Crippen LogP contribution in [0.4, 0.5) is 4.39 Å². The molecule has 3 rings (SSSR count). The Kier molecular flexibility index (Phi) is 6.03. The van der Waals surface area contributed by atoms with E-state index in [1.54, 1.807) is 6.07 Å². The molecular weight excluding hydrogens is 328 g/mol. The van der Waals surface area contributed by atoms with Crippen LogP contribution in [0.2, 0.25) is 5.02 Å². The van der Waals surface area contributed by atoms with Crippen LogP contribution in [0.5, 0.6) is 0 Å². The minimum atomic E-state index is -0.541. The lowest BCUT2D eigenvalue weighted by Crippen LogP contribution is -2.49. The number of piperazine rings is 1. The number of likely N-dealkylation sites (tertiary alicyclic amines) is 1. The van der Waals surface area contributed by atoms with Crippen LogP contribution in [0, 0.1) is 5.82 Å². The maximum atomic E-state index is 13.5. The van der Waals surface area contributed by atoms with Crippen LogP contribution < -0.4 is 5.32 Å². The maximum absolute atomic E-state index is 13.5. The van der Waals surface area contributed by atoms with Crippen molar-refractivity contribution in [3.05, 3.63) is 34.6 Å². The average molecular weight is 348 g/mol. The number of benzene rings is 1. The van der Waals surface area contributed by atoms with E-state index in [0.717, 1.165) is 45.7 Å². The van der Waals surface area contributed by atoms with E-state index < -0.39 is 5.82 Å². The number of halogens is 3. The Labute approximate surface area is 141 Å². The zero-order valence-electron chi connectivity index (χ0n) is 12.2. The summed E-state index contributed by atoms with van der Waals surface area (Å²) >= 11 is 5.66. The first-order chi connectivity index (χ1) is 10.1. The Balaban J connectivity index is 0.00000176. The number of nitrogens with one attached hydrogen (secondary N) is 1. The Morgan fingerprint density at radius 2 is 2.00 bits per heavy atom. The Morgan fingerprint density at radius 3 is 2.68 bits per heavy atom. The molecule has 4 nitrogen and oxygen atoms in total. The van der Waals surface area contributed by atoms with Gasteiger partial charge in [-0.2, -0.15) is 0 Å². The van der Waals surface area contributed by atoms with Crippen LogP contribution in [0.3, 0.4) is 0 Å². The zero-order chi connectivity index (χ0) is 14.8. The number of carbonyl (C=O) groups is 1. The van der Waals surface area contributed by atoms with Gasteiger partial charge in [0.1, 0.15) is 5.82 Å². The summed E-state index contributed by atoms with van der Waals surface area (Å²) in [5.74, 6) is -0.649. The van der Waals surface area contributed by atoms with Crippen molar-refractivity contribution in [2.75, 3.05) is 39.3 Å². The van der Waals surface area contributed by atoms with Gasteiger partial charge < -0.3 is 10.2 Å². The molecule has 2 saturated heterocycles. The van der Waals surface area contributed by atoms with E-state index >= 15 is 0 Å². The fourth-order valence-corrected chi connectivity index (χ4v) is 3.20. The molecule has 1 unspecified atom stereocenters. The van der Waals surface area contributed by atoms with Crippen LogP contribution >= 0.6 is 24.0 Å². The van der Waals surface area contributed by atoms with Gasteiger partial charge in [-0.05, 0) is 24.6 Å². The molecule has 1 aromatic carbocycles. The van der Waals surface area contributed by atoms with Gasteiger partial charge in [-0.15, -0.1) is 12.4 Å². The van der Waals surface area contributed by atoms with Crippen molar-refractivity contribution in [1.29, 1.82) is 0 Å². The SMILES string of the molecule is Cl.O=C(c1ccc(Cl)c(F)c1)N1CCC(N2CCNCC2)C1. The molecule has 1 aromatic rings. The molecule has 0 aromatic heterocycles. The van der Waals surface area contributed by atoms with Crippen molar-refractivity contribution >= 4 is 29.9 Å². The highest BCUT2D eigenvalue weighted by atomic mass is 35.5. The second-order valence-corrected chi connectivity index (χ2v) is 6.02. The van der Waals surface area contributed by atoms with Crippen molar-refractivity contribution in [3.8, 4) is 0 Å². The summed E-state index contributed by atoms with van der Waals surface area (Å²) < 4.78 is 13.5. The summed E-state index contributed by atoms with van der Waals surface area (Å²) in [4.78, 5) is 16.7. The summed E-state index contributed by atoms with van der Waals surface area (Å²) in [6, 6.07) is 4.68. The molecule has 2 aliphatic heterocycles. The highest BCUT2D eigenvalue weighted by Crippen LogP contribution is 2.21. The Hall–Kier alpha value is -0.880. The Bertz CT molecular complexity index is 538. The van der Waals surface area contributed by atoms with E-state index in [4.69, 9.17) is 11.6 Å². The quantitative estimate of drug-likeness (QED) is 0.888. The van der Waals surface area contributed by atoms with E-state index in [1.807, 2.05) is 4.90 Å². The minimum Gasteiger partial charge on any atom is -0.337 e. The van der Waals surface area contributed by atoms with Crippen LogP contribution in [0.1, 0.15) is 16.8 Å². The predicted octanol–water partition coefficient (Wildman–Crippen LogP) is 2.02. The van der Waals surface area contributed by atoms with E-state index in [-0.39, 0.29) is 23.3 Å². The van der Waals surface area contributed by atoms with Gasteiger partial charge >= 0.3 is 0 Å². The molecule has 7 heteroatoms. The lowest BCUT2D eigenvalue weighted by Gasteiger charge is -2.32. The fourth-order valence-electron chi connectivity index (χ4n) is 3.08. The molecule has 2 fully saturated rings. The lowest BCUT2D eigenvalue weighted by atomic mass is 10.2. The molecule has 0 saturated carbocycles. The lowest BCUT2D eigenvalue weighted by molar-refractivity contribution is 0.0773. The largest absolute Gasteiger partial charge is 0.337 e. The molecule has 0 radical (unpaired) electrons. The first kappa shape index (κ1) is 17.5. The summed E-state index contributed by atoms with van der Waals surface area (Å²) in [6.45, 7) is 5.53. The fraction of sp³-hybridized carbons (Fsp3) is 0.533. The molecular formula is C15H20Cl2FN3O. The number of rotatable bonds is 2. The number of hydrogen-bond donors (Lipinski definition) is 1. The molecule has 1 N–H and O–H groups in total. The normalized spacial score (nSPS) is 22.5. The molecule has 122 valence electrons. The van der Waals surface area contributed by atoms with Gasteiger partial charge in [-0.1, -0.05) is 11.6 Å². The highest BCUT2D eigenvalue weighted by molar-refractivity contribution is 6.30. The predicted molar refractivity (Wildman–Crippen MR) is 87.4 cm³/mol. The standard InChI is InChI=1S/C15H19ClFN3O.ClH/c16-13-2-1-11(9-14(13)17)15(21)20-6-3-12(10-20)19-7-4-18-5-8-19;/h1-2,9,12,18H,3-8,10H2;1H. The van der Waals surface area contributed by atoms with E-state index in [0.29, 0.717) is 11.6 Å². The van der Waals surface area contributed by atoms with Gasteiger partial charge in [-0.3, -0.25) is 9.69 Å². The highest BCUT2D eigenvalue weighted by Gasteiger charge is 2.31. The summed E-state index contributed by atoms with van der Waals surface area (Å²) in [6.07, 6.45) is 0.988. The molecule has 0 bridgehead atoms.